The minimum atomic E-state index is 0.560. The lowest BCUT2D eigenvalue weighted by Crippen LogP contribution is -2.08. The van der Waals surface area contributed by atoms with Gasteiger partial charge in [0, 0.05) is 27.3 Å². The summed E-state index contributed by atoms with van der Waals surface area (Å²) < 4.78 is 9.75. The molecule has 1 aliphatic carbocycles. The molecule has 4 heterocycles. The molecule has 10 rings (SSSR count). The first-order chi connectivity index (χ1) is 23.3. The summed E-state index contributed by atoms with van der Waals surface area (Å²) >= 11 is 1.69. The first-order valence-corrected chi connectivity index (χ1v) is 16.5. The van der Waals surface area contributed by atoms with Crippen LogP contribution in [0.2, 0.25) is 0 Å². The fourth-order valence-corrected chi connectivity index (χ4v) is 7.76. The molecule has 6 nitrogen and oxygen atoms in total. The number of benzene rings is 5. The molecule has 0 saturated carbocycles. The molecular formula is C40H25N5OS. The van der Waals surface area contributed by atoms with Gasteiger partial charge in [0.25, 0.3) is 0 Å². The predicted octanol–water partition coefficient (Wildman–Crippen LogP) is 10.3. The molecule has 0 spiro atoms. The Morgan fingerprint density at radius 2 is 1.47 bits per heavy atom. The van der Waals surface area contributed by atoms with Crippen LogP contribution in [0.25, 0.3) is 88.4 Å². The van der Waals surface area contributed by atoms with Crippen LogP contribution >= 0.6 is 11.3 Å². The molecule has 0 atom stereocenters. The number of thiazole rings is 1. The Morgan fingerprint density at radius 3 is 2.40 bits per heavy atom. The predicted molar refractivity (Wildman–Crippen MR) is 191 cm³/mol. The van der Waals surface area contributed by atoms with Crippen molar-refractivity contribution in [3.05, 3.63) is 133 Å². The van der Waals surface area contributed by atoms with Crippen molar-refractivity contribution in [2.45, 2.75) is 12.8 Å². The van der Waals surface area contributed by atoms with Crippen LogP contribution in [0.3, 0.4) is 0 Å². The molecule has 0 aliphatic heterocycles. The average molecular weight is 624 g/mol. The molecule has 5 aromatic carbocycles. The maximum atomic E-state index is 6.45. The average Bonchev–Trinajstić information content (AvgIpc) is 3.83. The Labute approximate surface area is 273 Å². The zero-order chi connectivity index (χ0) is 30.9. The maximum absolute atomic E-state index is 6.45. The normalized spacial score (nSPS) is 12.9. The summed E-state index contributed by atoms with van der Waals surface area (Å²) in [6.07, 6.45) is 6.43. The van der Waals surface area contributed by atoms with Gasteiger partial charge < -0.3 is 4.42 Å². The van der Waals surface area contributed by atoms with Crippen LogP contribution < -0.4 is 0 Å². The number of hydrogen-bond acceptors (Lipinski definition) is 6. The quantitative estimate of drug-likeness (QED) is 0.195. The summed E-state index contributed by atoms with van der Waals surface area (Å²) in [6.45, 7) is 0. The van der Waals surface area contributed by atoms with E-state index in [1.54, 1.807) is 11.3 Å². The zero-order valence-corrected chi connectivity index (χ0v) is 25.9. The second-order valence-corrected chi connectivity index (χ2v) is 12.8. The number of fused-ring (bicyclic) bond motifs is 7. The van der Waals surface area contributed by atoms with Crippen LogP contribution in [0.5, 0.6) is 0 Å². The van der Waals surface area contributed by atoms with Crippen molar-refractivity contribution in [1.82, 2.24) is 24.5 Å². The van der Waals surface area contributed by atoms with Crippen molar-refractivity contribution in [2.24, 2.45) is 0 Å². The molecule has 47 heavy (non-hydrogen) atoms. The van der Waals surface area contributed by atoms with Crippen LogP contribution in [0.4, 0.5) is 0 Å². The molecule has 9 aromatic rings. The van der Waals surface area contributed by atoms with Gasteiger partial charge in [-0.2, -0.15) is 9.97 Å². The van der Waals surface area contributed by atoms with Crippen molar-refractivity contribution in [3.8, 4) is 39.3 Å². The fourth-order valence-electron chi connectivity index (χ4n) is 6.81. The van der Waals surface area contributed by atoms with Gasteiger partial charge in [-0.1, -0.05) is 84.9 Å². The Hall–Kier alpha value is -5.92. The molecular weight excluding hydrogens is 599 g/mol. The summed E-state index contributed by atoms with van der Waals surface area (Å²) in [5, 5.41) is 4.32. The molecule has 7 heteroatoms. The number of nitrogens with zero attached hydrogens (tertiary/aromatic N) is 5. The lowest BCUT2D eigenvalue weighted by Gasteiger charge is -2.13. The van der Waals surface area contributed by atoms with Crippen LogP contribution in [0.1, 0.15) is 17.7 Å². The van der Waals surface area contributed by atoms with Crippen LogP contribution in [-0.2, 0) is 6.42 Å². The number of furan rings is 1. The Kier molecular flexibility index (Phi) is 5.77. The van der Waals surface area contributed by atoms with Crippen LogP contribution in [-0.4, -0.2) is 24.5 Å². The number of rotatable bonds is 4. The number of aromatic nitrogens is 5. The van der Waals surface area contributed by atoms with E-state index >= 15 is 0 Å². The Balaban J connectivity index is 1.23. The van der Waals surface area contributed by atoms with E-state index in [4.69, 9.17) is 24.4 Å². The van der Waals surface area contributed by atoms with Crippen molar-refractivity contribution >= 4 is 60.5 Å². The summed E-state index contributed by atoms with van der Waals surface area (Å²) in [6, 6.07) is 39.4. The highest BCUT2D eigenvalue weighted by Gasteiger charge is 2.23. The molecule has 0 saturated heterocycles. The lowest BCUT2D eigenvalue weighted by molar-refractivity contribution is 0.669. The number of allylic oxidation sites excluding steroid dienone is 1. The molecule has 1 aliphatic rings. The van der Waals surface area contributed by atoms with Crippen molar-refractivity contribution < 1.29 is 4.42 Å². The van der Waals surface area contributed by atoms with E-state index in [-0.39, 0.29) is 0 Å². The molecule has 222 valence electrons. The van der Waals surface area contributed by atoms with E-state index in [1.165, 1.54) is 10.9 Å². The van der Waals surface area contributed by atoms with Gasteiger partial charge in [0.05, 0.1) is 27.0 Å². The van der Waals surface area contributed by atoms with Gasteiger partial charge in [-0.15, -0.1) is 11.3 Å². The van der Waals surface area contributed by atoms with Crippen molar-refractivity contribution in [2.75, 3.05) is 0 Å². The summed E-state index contributed by atoms with van der Waals surface area (Å²) in [4.78, 5) is 20.5. The second-order valence-electron chi connectivity index (χ2n) is 11.8. The summed E-state index contributed by atoms with van der Waals surface area (Å²) in [5.74, 6) is 1.72. The van der Waals surface area contributed by atoms with Gasteiger partial charge >= 0.3 is 0 Å². The lowest BCUT2D eigenvalue weighted by atomic mass is 10.0. The fraction of sp³-hybridized carbons (Fsp3) is 0.0500. The molecule has 0 radical (unpaired) electrons. The smallest absolute Gasteiger partial charge is 0.238 e. The number of hydrogen-bond donors (Lipinski definition) is 0. The highest BCUT2D eigenvalue weighted by molar-refractivity contribution is 7.21. The van der Waals surface area contributed by atoms with Crippen LogP contribution in [0.15, 0.2) is 126 Å². The number of aryl methyl sites for hydroxylation is 1. The highest BCUT2D eigenvalue weighted by atomic mass is 32.1. The molecule has 0 bridgehead atoms. The largest absolute Gasteiger partial charge is 0.455 e. The van der Waals surface area contributed by atoms with Gasteiger partial charge in [-0.25, -0.2) is 9.97 Å². The minimum Gasteiger partial charge on any atom is -0.455 e. The Morgan fingerprint density at radius 1 is 0.660 bits per heavy atom. The van der Waals surface area contributed by atoms with E-state index in [1.807, 2.05) is 48.5 Å². The standard InChI is InChI=1S/C40H25N5OS/c1-2-11-24(12-3-1)39-41-31-23-25(21-22-35(31)47-39)37-42-38(30-17-10-16-29-28-15-6-9-20-34(28)46-36(29)30)44-40(43-37)45-32-18-7-4-13-26(32)27-14-5-8-19-33(27)45/h1-4,6-13,15-23H,5,14H2. The maximum Gasteiger partial charge on any atom is 0.238 e. The second kappa shape index (κ2) is 10.3. The summed E-state index contributed by atoms with van der Waals surface area (Å²) in [7, 11) is 0. The van der Waals surface area contributed by atoms with E-state index in [0.717, 1.165) is 77.9 Å². The van der Waals surface area contributed by atoms with E-state index in [9.17, 15) is 0 Å². The molecule has 0 fully saturated rings. The minimum absolute atomic E-state index is 0.560. The monoisotopic (exact) mass is 623 g/mol. The molecule has 0 N–H and O–H groups in total. The van der Waals surface area contributed by atoms with Gasteiger partial charge in [0.2, 0.25) is 5.95 Å². The highest BCUT2D eigenvalue weighted by Crippen LogP contribution is 2.38. The van der Waals surface area contributed by atoms with Gasteiger partial charge in [-0.05, 0) is 60.9 Å². The molecule has 0 unspecified atom stereocenters. The van der Waals surface area contributed by atoms with E-state index in [2.05, 4.69) is 83.4 Å². The third kappa shape index (κ3) is 4.17. The zero-order valence-electron chi connectivity index (χ0n) is 25.1. The van der Waals surface area contributed by atoms with Gasteiger partial charge in [0.15, 0.2) is 11.6 Å². The van der Waals surface area contributed by atoms with Crippen molar-refractivity contribution in [3.63, 3.8) is 0 Å². The summed E-state index contributed by atoms with van der Waals surface area (Å²) in [5.41, 5.74) is 8.85. The van der Waals surface area contributed by atoms with Gasteiger partial charge in [-0.3, -0.25) is 4.57 Å². The first kappa shape index (κ1) is 26.3. The van der Waals surface area contributed by atoms with E-state index < -0.39 is 0 Å². The first-order valence-electron chi connectivity index (χ1n) is 15.7. The third-order valence-corrected chi connectivity index (χ3v) is 10.1. The molecule has 0 amide bonds. The van der Waals surface area contributed by atoms with Crippen LogP contribution in [0, 0.1) is 0 Å². The van der Waals surface area contributed by atoms with Crippen molar-refractivity contribution in [1.29, 1.82) is 0 Å². The topological polar surface area (TPSA) is 69.6 Å². The Bertz CT molecular complexity index is 2700. The SMILES string of the molecule is C1=Cc2c(c3ccccc3n2-c2nc(-c3ccc4sc(-c5ccccc5)nc4c3)nc(-c3cccc4c3oc3ccccc34)n2)CC1. The third-order valence-electron chi connectivity index (χ3n) is 8.99. The van der Waals surface area contributed by atoms with Gasteiger partial charge in [0.1, 0.15) is 16.2 Å². The van der Waals surface area contributed by atoms with E-state index in [0.29, 0.717) is 17.6 Å². The number of para-hydroxylation sites is 3. The molecule has 4 aromatic heterocycles.